The lowest BCUT2D eigenvalue weighted by molar-refractivity contribution is -0.140. The summed E-state index contributed by atoms with van der Waals surface area (Å²) < 4.78 is 34.4. The highest BCUT2D eigenvalue weighted by Gasteiger charge is 2.34. The Morgan fingerprint density at radius 1 is 1.00 bits per heavy atom. The van der Waals surface area contributed by atoms with Gasteiger partial charge in [-0.15, -0.1) is 0 Å². The highest BCUT2D eigenvalue weighted by molar-refractivity contribution is 7.92. The molecule has 1 atom stereocenters. The predicted octanol–water partition coefficient (Wildman–Crippen LogP) is 6.11. The second-order valence-corrected chi connectivity index (χ2v) is 13.2. The molecule has 10 heteroatoms. The molecule has 1 aliphatic rings. The van der Waals surface area contributed by atoms with Crippen LogP contribution in [0.4, 0.5) is 5.69 Å². The van der Waals surface area contributed by atoms with Crippen molar-refractivity contribution in [2.75, 3.05) is 18.0 Å². The van der Waals surface area contributed by atoms with Crippen LogP contribution >= 0.6 is 11.6 Å². The van der Waals surface area contributed by atoms with Crippen molar-refractivity contribution in [1.82, 2.24) is 10.2 Å². The Kier molecular flexibility index (Phi) is 11.1. The third-order valence-electron chi connectivity index (χ3n) is 7.83. The first-order chi connectivity index (χ1) is 20.6. The van der Waals surface area contributed by atoms with Gasteiger partial charge >= 0.3 is 0 Å². The number of halogens is 1. The van der Waals surface area contributed by atoms with Gasteiger partial charge < -0.3 is 15.0 Å². The third kappa shape index (κ3) is 8.30. The minimum Gasteiger partial charge on any atom is -0.497 e. The summed E-state index contributed by atoms with van der Waals surface area (Å²) in [5.74, 6) is -0.101. The number of anilines is 1. The molecule has 0 aromatic heterocycles. The molecule has 0 saturated heterocycles. The first kappa shape index (κ1) is 32.4. The zero-order valence-electron chi connectivity index (χ0n) is 25.0. The topological polar surface area (TPSA) is 96.0 Å². The number of hydrogen-bond acceptors (Lipinski definition) is 5. The van der Waals surface area contributed by atoms with Crippen LogP contribution in [0.15, 0.2) is 77.7 Å². The predicted molar refractivity (Wildman–Crippen MR) is 170 cm³/mol. The van der Waals surface area contributed by atoms with Gasteiger partial charge in [0.05, 0.1) is 17.7 Å². The summed E-state index contributed by atoms with van der Waals surface area (Å²) in [5.41, 5.74) is 2.05. The number of amides is 2. The zero-order chi connectivity index (χ0) is 31.0. The summed E-state index contributed by atoms with van der Waals surface area (Å²) in [4.78, 5) is 29.4. The maximum atomic E-state index is 14.3. The van der Waals surface area contributed by atoms with Crippen LogP contribution in [0.5, 0.6) is 5.75 Å². The summed E-state index contributed by atoms with van der Waals surface area (Å²) in [7, 11) is -2.60. The SMILES string of the molecule is CC[C@@H](C(=O)NC1CCCCC1)N(Cc1cccc(OC)c1)C(=O)CN(c1ccc(C)cc1)S(=O)(=O)c1ccc(Cl)cc1. The number of sulfonamides is 1. The molecule has 0 spiro atoms. The molecule has 230 valence electrons. The maximum Gasteiger partial charge on any atom is 0.264 e. The molecule has 0 heterocycles. The number of nitrogens with zero attached hydrogens (tertiary/aromatic N) is 2. The van der Waals surface area contributed by atoms with Gasteiger partial charge in [0.1, 0.15) is 18.3 Å². The van der Waals surface area contributed by atoms with Crippen molar-refractivity contribution in [1.29, 1.82) is 0 Å². The monoisotopic (exact) mass is 625 g/mol. The van der Waals surface area contributed by atoms with Crippen LogP contribution in [0.1, 0.15) is 56.6 Å². The van der Waals surface area contributed by atoms with Crippen LogP contribution in [-0.4, -0.2) is 50.9 Å². The number of hydrogen-bond donors (Lipinski definition) is 1. The average molecular weight is 626 g/mol. The molecule has 1 saturated carbocycles. The standard InChI is InChI=1S/C33H40ClN3O5S/c1-4-31(33(39)35-27-10-6-5-7-11-27)36(22-25-9-8-12-29(21-25)42-3)32(38)23-37(28-17-13-24(2)14-18-28)43(40,41)30-19-15-26(34)16-20-30/h8-9,12-21,27,31H,4-7,10-11,22-23H2,1-3H3,(H,35,39)/t31-/m0/s1. The molecule has 0 radical (unpaired) electrons. The Morgan fingerprint density at radius 2 is 1.67 bits per heavy atom. The largest absolute Gasteiger partial charge is 0.497 e. The van der Waals surface area contributed by atoms with Crippen LogP contribution in [0.3, 0.4) is 0 Å². The molecule has 8 nitrogen and oxygen atoms in total. The maximum absolute atomic E-state index is 14.3. The Balaban J connectivity index is 1.71. The first-order valence-corrected chi connectivity index (χ1v) is 16.5. The van der Waals surface area contributed by atoms with Crippen molar-refractivity contribution in [2.45, 2.75) is 75.9 Å². The number of nitrogens with one attached hydrogen (secondary N) is 1. The van der Waals surface area contributed by atoms with Crippen molar-refractivity contribution in [3.63, 3.8) is 0 Å². The van der Waals surface area contributed by atoms with E-state index in [2.05, 4.69) is 5.32 Å². The lowest BCUT2D eigenvalue weighted by Gasteiger charge is -2.34. The fourth-order valence-electron chi connectivity index (χ4n) is 5.40. The summed E-state index contributed by atoms with van der Waals surface area (Å²) >= 11 is 6.03. The number of rotatable bonds is 12. The van der Waals surface area contributed by atoms with Gasteiger partial charge in [-0.05, 0) is 80.3 Å². The van der Waals surface area contributed by atoms with Gasteiger partial charge in [0.2, 0.25) is 11.8 Å². The second-order valence-electron chi connectivity index (χ2n) is 10.9. The number of ether oxygens (including phenoxy) is 1. The number of aryl methyl sites for hydroxylation is 1. The van der Waals surface area contributed by atoms with Crippen molar-refractivity contribution >= 4 is 39.1 Å². The van der Waals surface area contributed by atoms with Crippen LogP contribution in [0.2, 0.25) is 5.02 Å². The molecule has 0 unspecified atom stereocenters. The van der Waals surface area contributed by atoms with E-state index in [0.717, 1.165) is 47.5 Å². The molecular formula is C33H40ClN3O5S. The van der Waals surface area contributed by atoms with E-state index >= 15 is 0 Å². The molecule has 4 rings (SSSR count). The van der Waals surface area contributed by atoms with Gasteiger partial charge in [0.25, 0.3) is 10.0 Å². The molecule has 1 aliphatic carbocycles. The molecule has 1 fully saturated rings. The number of benzene rings is 3. The lowest BCUT2D eigenvalue weighted by Crippen LogP contribution is -2.54. The normalized spacial score (nSPS) is 14.5. The van der Waals surface area contributed by atoms with Crippen molar-refractivity contribution in [3.8, 4) is 5.75 Å². The summed E-state index contributed by atoms with van der Waals surface area (Å²) in [6.07, 6.45) is 5.45. The third-order valence-corrected chi connectivity index (χ3v) is 9.87. The molecule has 3 aromatic rings. The zero-order valence-corrected chi connectivity index (χ0v) is 26.5. The van der Waals surface area contributed by atoms with Gasteiger partial charge in [0.15, 0.2) is 0 Å². The van der Waals surface area contributed by atoms with Gasteiger partial charge in [0, 0.05) is 17.6 Å². The first-order valence-electron chi connectivity index (χ1n) is 14.7. The Morgan fingerprint density at radius 3 is 2.30 bits per heavy atom. The highest BCUT2D eigenvalue weighted by atomic mass is 35.5. The van der Waals surface area contributed by atoms with E-state index in [9.17, 15) is 18.0 Å². The molecule has 43 heavy (non-hydrogen) atoms. The van der Waals surface area contributed by atoms with E-state index < -0.39 is 28.5 Å². The Hall–Kier alpha value is -3.56. The quantitative estimate of drug-likeness (QED) is 0.262. The van der Waals surface area contributed by atoms with Crippen molar-refractivity contribution < 1.29 is 22.7 Å². The second kappa shape index (κ2) is 14.8. The van der Waals surface area contributed by atoms with E-state index in [1.165, 1.54) is 29.2 Å². The van der Waals surface area contributed by atoms with Crippen LogP contribution in [0, 0.1) is 6.92 Å². The van der Waals surface area contributed by atoms with E-state index in [1.54, 1.807) is 37.4 Å². The summed E-state index contributed by atoms with van der Waals surface area (Å²) in [5, 5.41) is 3.56. The Labute approximate surface area is 260 Å². The number of carbonyl (C=O) groups excluding carboxylic acids is 2. The van der Waals surface area contributed by atoms with Gasteiger partial charge in [-0.2, -0.15) is 0 Å². The van der Waals surface area contributed by atoms with Gasteiger partial charge in [-0.3, -0.25) is 13.9 Å². The molecule has 2 amide bonds. The van der Waals surface area contributed by atoms with Crippen molar-refractivity contribution in [3.05, 3.63) is 88.9 Å². The molecule has 0 bridgehead atoms. The van der Waals surface area contributed by atoms with Crippen LogP contribution in [-0.2, 0) is 26.2 Å². The fourth-order valence-corrected chi connectivity index (χ4v) is 6.95. The van der Waals surface area contributed by atoms with Crippen LogP contribution < -0.4 is 14.4 Å². The van der Waals surface area contributed by atoms with E-state index in [4.69, 9.17) is 16.3 Å². The highest BCUT2D eigenvalue weighted by Crippen LogP contribution is 2.27. The lowest BCUT2D eigenvalue weighted by atomic mass is 9.95. The van der Waals surface area contributed by atoms with Crippen molar-refractivity contribution in [2.24, 2.45) is 0 Å². The van der Waals surface area contributed by atoms with Gasteiger partial charge in [-0.25, -0.2) is 8.42 Å². The number of carbonyl (C=O) groups is 2. The molecular weight excluding hydrogens is 586 g/mol. The molecule has 1 N–H and O–H groups in total. The van der Waals surface area contributed by atoms with Crippen LogP contribution in [0.25, 0.3) is 0 Å². The smallest absolute Gasteiger partial charge is 0.264 e. The minimum absolute atomic E-state index is 0.00621. The molecule has 0 aliphatic heterocycles. The minimum atomic E-state index is -4.16. The summed E-state index contributed by atoms with van der Waals surface area (Å²) in [6.45, 7) is 3.37. The van der Waals surface area contributed by atoms with E-state index in [0.29, 0.717) is 22.9 Å². The Bertz CT molecular complexity index is 1490. The van der Waals surface area contributed by atoms with Gasteiger partial charge in [-0.1, -0.05) is 67.6 Å². The summed E-state index contributed by atoms with van der Waals surface area (Å²) in [6, 6.07) is 19.4. The molecule has 3 aromatic carbocycles. The number of methoxy groups -OCH3 is 1. The fraction of sp³-hybridized carbons (Fsp3) is 0.394. The average Bonchev–Trinajstić information content (AvgIpc) is 3.01. The van der Waals surface area contributed by atoms with E-state index in [1.807, 2.05) is 32.0 Å². The van der Waals surface area contributed by atoms with E-state index in [-0.39, 0.29) is 23.4 Å².